The lowest BCUT2D eigenvalue weighted by Crippen LogP contribution is -2.23. The Labute approximate surface area is 172 Å². The number of benzene rings is 1. The molecule has 1 N–H and O–H groups in total. The van der Waals surface area contributed by atoms with Crippen molar-refractivity contribution in [2.24, 2.45) is 0 Å². The molecular weight excluding hydrogens is 396 g/mol. The van der Waals surface area contributed by atoms with Crippen LogP contribution in [0.4, 0.5) is 5.69 Å². The van der Waals surface area contributed by atoms with Gasteiger partial charge in [0.05, 0.1) is 24.3 Å². The molecule has 0 aliphatic carbocycles. The molecule has 1 amide bonds. The number of rotatable bonds is 8. The van der Waals surface area contributed by atoms with E-state index in [-0.39, 0.29) is 11.2 Å². The first-order valence-corrected chi connectivity index (χ1v) is 10.5. The molecule has 0 radical (unpaired) electrons. The Morgan fingerprint density at radius 2 is 2.04 bits per heavy atom. The smallest absolute Gasteiger partial charge is 0.237 e. The molecule has 0 saturated carbocycles. The molecule has 0 saturated heterocycles. The lowest BCUT2D eigenvalue weighted by atomic mass is 10.2. The molecule has 1 atom stereocenters. The summed E-state index contributed by atoms with van der Waals surface area (Å²) in [6, 6.07) is 9.27. The van der Waals surface area contributed by atoms with Crippen molar-refractivity contribution in [3.05, 3.63) is 35.7 Å². The highest BCUT2D eigenvalue weighted by Gasteiger charge is 2.21. The summed E-state index contributed by atoms with van der Waals surface area (Å²) >= 11 is 3.00. The number of thioether (sulfide) groups is 1. The minimum Gasteiger partial charge on any atom is -0.493 e. The number of aromatic nitrogens is 3. The third-order valence-electron chi connectivity index (χ3n) is 4.08. The second kappa shape index (κ2) is 9.11. The van der Waals surface area contributed by atoms with Crippen LogP contribution in [-0.4, -0.2) is 40.1 Å². The minimum absolute atomic E-state index is 0.124. The van der Waals surface area contributed by atoms with Gasteiger partial charge in [0, 0.05) is 18.3 Å². The van der Waals surface area contributed by atoms with Gasteiger partial charge in [-0.1, -0.05) is 17.8 Å². The van der Waals surface area contributed by atoms with Gasteiger partial charge in [-0.15, -0.1) is 21.5 Å². The van der Waals surface area contributed by atoms with Gasteiger partial charge in [-0.3, -0.25) is 4.79 Å². The molecule has 2 aromatic heterocycles. The Morgan fingerprint density at radius 3 is 2.68 bits per heavy atom. The molecule has 3 rings (SSSR count). The van der Waals surface area contributed by atoms with Crippen molar-refractivity contribution in [1.29, 1.82) is 0 Å². The number of carbonyl (C=O) groups excluding carboxylic acids is 1. The summed E-state index contributed by atoms with van der Waals surface area (Å²) in [6.45, 7) is 4.62. The number of methoxy groups -OCH3 is 2. The first-order valence-electron chi connectivity index (χ1n) is 8.74. The van der Waals surface area contributed by atoms with Crippen LogP contribution in [-0.2, 0) is 11.3 Å². The van der Waals surface area contributed by atoms with Crippen LogP contribution in [0.3, 0.4) is 0 Å². The lowest BCUT2D eigenvalue weighted by molar-refractivity contribution is -0.115. The first kappa shape index (κ1) is 20.2. The molecule has 0 bridgehead atoms. The lowest BCUT2D eigenvalue weighted by Gasteiger charge is -2.14. The normalized spacial score (nSPS) is 11.9. The zero-order valence-electron chi connectivity index (χ0n) is 16.1. The van der Waals surface area contributed by atoms with Gasteiger partial charge in [0.25, 0.3) is 0 Å². The highest BCUT2D eigenvalue weighted by atomic mass is 32.2. The maximum Gasteiger partial charge on any atom is 0.237 e. The first-order chi connectivity index (χ1) is 13.6. The van der Waals surface area contributed by atoms with E-state index in [1.165, 1.54) is 11.8 Å². The van der Waals surface area contributed by atoms with Crippen molar-refractivity contribution in [3.8, 4) is 22.2 Å². The van der Waals surface area contributed by atoms with Gasteiger partial charge in [-0.25, -0.2) is 0 Å². The van der Waals surface area contributed by atoms with Gasteiger partial charge in [0.2, 0.25) is 5.91 Å². The quantitative estimate of drug-likeness (QED) is 0.554. The van der Waals surface area contributed by atoms with Crippen molar-refractivity contribution in [2.75, 3.05) is 19.5 Å². The number of ether oxygens (including phenoxy) is 2. The van der Waals surface area contributed by atoms with Gasteiger partial charge < -0.3 is 19.4 Å². The zero-order chi connectivity index (χ0) is 20.1. The second-order valence-corrected chi connectivity index (χ2v) is 8.10. The Balaban J connectivity index is 1.71. The third-order valence-corrected chi connectivity index (χ3v) is 6.02. The molecule has 0 aliphatic heterocycles. The molecule has 3 aromatic rings. The van der Waals surface area contributed by atoms with E-state index in [4.69, 9.17) is 9.47 Å². The monoisotopic (exact) mass is 418 g/mol. The average molecular weight is 419 g/mol. The molecule has 0 unspecified atom stereocenters. The third kappa shape index (κ3) is 4.31. The average Bonchev–Trinajstić information content (AvgIpc) is 3.37. The number of nitrogens with zero attached hydrogens (tertiary/aromatic N) is 3. The summed E-state index contributed by atoms with van der Waals surface area (Å²) in [4.78, 5) is 13.7. The van der Waals surface area contributed by atoms with E-state index in [0.29, 0.717) is 17.2 Å². The number of nitrogens with one attached hydrogen (secondary N) is 1. The maximum absolute atomic E-state index is 12.6. The van der Waals surface area contributed by atoms with Crippen molar-refractivity contribution < 1.29 is 14.3 Å². The highest BCUT2D eigenvalue weighted by molar-refractivity contribution is 8.00. The molecule has 1 aromatic carbocycles. The van der Waals surface area contributed by atoms with Crippen LogP contribution in [0.2, 0.25) is 0 Å². The summed E-state index contributed by atoms with van der Waals surface area (Å²) in [5.41, 5.74) is 0.645. The van der Waals surface area contributed by atoms with E-state index in [0.717, 1.165) is 22.4 Å². The summed E-state index contributed by atoms with van der Waals surface area (Å²) < 4.78 is 12.5. The van der Waals surface area contributed by atoms with E-state index < -0.39 is 0 Å². The molecule has 148 valence electrons. The van der Waals surface area contributed by atoms with Crippen molar-refractivity contribution in [3.63, 3.8) is 0 Å². The fraction of sp³-hybridized carbons (Fsp3) is 0.316. The number of hydrogen-bond acceptors (Lipinski definition) is 7. The zero-order valence-corrected chi connectivity index (χ0v) is 17.8. The van der Waals surface area contributed by atoms with E-state index in [9.17, 15) is 4.79 Å². The minimum atomic E-state index is -0.348. The maximum atomic E-state index is 12.6. The molecule has 0 aliphatic rings. The number of hydrogen-bond donors (Lipinski definition) is 1. The summed E-state index contributed by atoms with van der Waals surface area (Å²) in [7, 11) is 3.13. The molecular formula is C19H22N4O3S2. The molecule has 9 heteroatoms. The van der Waals surface area contributed by atoms with E-state index in [1.54, 1.807) is 43.8 Å². The van der Waals surface area contributed by atoms with Gasteiger partial charge in [0.15, 0.2) is 22.5 Å². The van der Waals surface area contributed by atoms with Crippen LogP contribution in [0.15, 0.2) is 40.9 Å². The standard InChI is InChI=1S/C19H22N4O3S2/c1-5-23-17(16-7-6-10-27-16)21-22-19(23)28-12(2)18(24)20-13-8-9-14(25-3)15(11-13)26-4/h6-12H,5H2,1-4H3,(H,20,24)/t12-/m1/s1. The van der Waals surface area contributed by atoms with Crippen LogP contribution < -0.4 is 14.8 Å². The van der Waals surface area contributed by atoms with Gasteiger partial charge in [-0.2, -0.15) is 0 Å². The molecule has 0 fully saturated rings. The van der Waals surface area contributed by atoms with Gasteiger partial charge in [0.1, 0.15) is 0 Å². The largest absolute Gasteiger partial charge is 0.493 e. The van der Waals surface area contributed by atoms with Crippen molar-refractivity contribution in [2.45, 2.75) is 30.8 Å². The summed E-state index contributed by atoms with van der Waals surface area (Å²) in [5, 5.41) is 13.9. The number of amides is 1. The molecule has 7 nitrogen and oxygen atoms in total. The number of anilines is 1. The van der Waals surface area contributed by atoms with E-state index in [2.05, 4.69) is 15.5 Å². The Bertz CT molecular complexity index is 941. The van der Waals surface area contributed by atoms with Gasteiger partial charge >= 0.3 is 0 Å². The Morgan fingerprint density at radius 1 is 1.25 bits per heavy atom. The number of thiophene rings is 1. The number of carbonyl (C=O) groups is 1. The predicted molar refractivity (Wildman–Crippen MR) is 113 cm³/mol. The topological polar surface area (TPSA) is 78.3 Å². The SMILES string of the molecule is CCn1c(S[C@H](C)C(=O)Nc2ccc(OC)c(OC)c2)nnc1-c1cccs1. The van der Waals surface area contributed by atoms with Crippen molar-refractivity contribution in [1.82, 2.24) is 14.8 Å². The van der Waals surface area contributed by atoms with E-state index >= 15 is 0 Å². The molecule has 28 heavy (non-hydrogen) atoms. The fourth-order valence-corrected chi connectivity index (χ4v) is 4.25. The van der Waals surface area contributed by atoms with E-state index in [1.807, 2.05) is 35.9 Å². The van der Waals surface area contributed by atoms with Crippen molar-refractivity contribution >= 4 is 34.7 Å². The van der Waals surface area contributed by atoms with Crippen LogP contribution in [0.25, 0.3) is 10.7 Å². The van der Waals surface area contributed by atoms with Crippen LogP contribution in [0, 0.1) is 0 Å². The Kier molecular flexibility index (Phi) is 6.58. The Hall–Kier alpha value is -2.52. The van der Waals surface area contributed by atoms with Crippen LogP contribution >= 0.6 is 23.1 Å². The van der Waals surface area contributed by atoms with Gasteiger partial charge in [-0.05, 0) is 37.4 Å². The molecule has 2 heterocycles. The van der Waals surface area contributed by atoms with Crippen LogP contribution in [0.5, 0.6) is 11.5 Å². The van der Waals surface area contributed by atoms with Crippen LogP contribution in [0.1, 0.15) is 13.8 Å². The fourth-order valence-electron chi connectivity index (χ4n) is 2.62. The second-order valence-electron chi connectivity index (χ2n) is 5.85. The summed E-state index contributed by atoms with van der Waals surface area (Å²) in [6.07, 6.45) is 0. The summed E-state index contributed by atoms with van der Waals surface area (Å²) in [5.74, 6) is 1.88. The highest BCUT2D eigenvalue weighted by Crippen LogP contribution is 2.31. The predicted octanol–water partition coefficient (Wildman–Crippen LogP) is 4.16. The molecule has 0 spiro atoms.